The van der Waals surface area contributed by atoms with Gasteiger partial charge in [0, 0.05) is 19.3 Å². The number of aromatic nitrogens is 2. The molecule has 1 fully saturated rings. The van der Waals surface area contributed by atoms with Crippen LogP contribution in [0.5, 0.6) is 0 Å². The molecule has 0 aliphatic carbocycles. The maximum Gasteiger partial charge on any atom is 0.272 e. The number of rotatable bonds is 2. The van der Waals surface area contributed by atoms with E-state index in [2.05, 4.69) is 18.8 Å². The molecule has 3 heterocycles. The summed E-state index contributed by atoms with van der Waals surface area (Å²) in [5.41, 5.74) is 2.29. The number of piperidine rings is 1. The number of aryl methyl sites for hydroxylation is 1. The van der Waals surface area contributed by atoms with Crippen molar-refractivity contribution < 1.29 is 4.79 Å². The zero-order valence-electron chi connectivity index (χ0n) is 13.3. The highest BCUT2D eigenvalue weighted by Crippen LogP contribution is 2.25. The fraction of sp³-hybridized carbons (Fsp3) is 0.529. The topological polar surface area (TPSA) is 37.6 Å². The van der Waals surface area contributed by atoms with Gasteiger partial charge < -0.3 is 4.90 Å². The number of carbonyl (C=O) groups is 1. The average molecular weight is 320 g/mol. The van der Waals surface area contributed by atoms with Crippen molar-refractivity contribution >= 4 is 23.2 Å². The fourth-order valence-corrected chi connectivity index (χ4v) is 3.68. The van der Waals surface area contributed by atoms with Crippen LogP contribution in [0.25, 0.3) is 5.65 Å². The molecular formula is C17H22ClN3O. The monoisotopic (exact) mass is 319 g/mol. The number of pyridine rings is 1. The van der Waals surface area contributed by atoms with Crippen LogP contribution in [-0.2, 0) is 6.42 Å². The van der Waals surface area contributed by atoms with E-state index in [0.717, 1.165) is 30.9 Å². The molecule has 5 heteroatoms. The minimum atomic E-state index is 0.0741. The molecule has 2 unspecified atom stereocenters. The zero-order valence-corrected chi connectivity index (χ0v) is 14.1. The lowest BCUT2D eigenvalue weighted by atomic mass is 9.91. The largest absolute Gasteiger partial charge is 0.337 e. The van der Waals surface area contributed by atoms with Crippen molar-refractivity contribution in [2.24, 2.45) is 11.8 Å². The van der Waals surface area contributed by atoms with Crippen molar-refractivity contribution in [2.45, 2.75) is 33.6 Å². The van der Waals surface area contributed by atoms with Crippen LogP contribution in [-0.4, -0.2) is 33.3 Å². The molecule has 1 aliphatic rings. The molecule has 4 nitrogen and oxygen atoms in total. The SMILES string of the molecule is CCc1nc2ccc(Cl)cn2c1C(=O)N1CC(C)CC(C)C1. The Morgan fingerprint density at radius 1 is 1.32 bits per heavy atom. The third-order valence-corrected chi connectivity index (χ3v) is 4.57. The number of carbonyl (C=O) groups excluding carboxylic acids is 1. The van der Waals surface area contributed by atoms with E-state index in [1.54, 1.807) is 6.20 Å². The summed E-state index contributed by atoms with van der Waals surface area (Å²) in [5.74, 6) is 1.16. The van der Waals surface area contributed by atoms with Crippen molar-refractivity contribution in [1.29, 1.82) is 0 Å². The zero-order chi connectivity index (χ0) is 15.9. The second-order valence-corrected chi connectivity index (χ2v) is 6.93. The molecule has 2 aromatic rings. The normalized spacial score (nSPS) is 22.3. The van der Waals surface area contributed by atoms with E-state index in [9.17, 15) is 4.79 Å². The third-order valence-electron chi connectivity index (χ3n) is 4.35. The van der Waals surface area contributed by atoms with E-state index in [-0.39, 0.29) is 5.91 Å². The Bertz CT molecular complexity index is 699. The van der Waals surface area contributed by atoms with E-state index >= 15 is 0 Å². The molecule has 1 aliphatic heterocycles. The number of likely N-dealkylation sites (tertiary alicyclic amines) is 1. The minimum absolute atomic E-state index is 0.0741. The molecule has 0 spiro atoms. The van der Waals surface area contributed by atoms with Crippen LogP contribution in [0, 0.1) is 11.8 Å². The van der Waals surface area contributed by atoms with E-state index < -0.39 is 0 Å². The molecular weight excluding hydrogens is 298 g/mol. The lowest BCUT2D eigenvalue weighted by Gasteiger charge is -2.35. The van der Waals surface area contributed by atoms with E-state index in [0.29, 0.717) is 22.6 Å². The van der Waals surface area contributed by atoms with Crippen molar-refractivity contribution in [3.8, 4) is 0 Å². The summed E-state index contributed by atoms with van der Waals surface area (Å²) >= 11 is 6.11. The maximum absolute atomic E-state index is 13.1. The van der Waals surface area contributed by atoms with Gasteiger partial charge in [-0.2, -0.15) is 0 Å². The molecule has 1 amide bonds. The highest BCUT2D eigenvalue weighted by Gasteiger charge is 2.29. The molecule has 3 rings (SSSR count). The van der Waals surface area contributed by atoms with Crippen molar-refractivity contribution in [2.75, 3.05) is 13.1 Å². The number of nitrogens with zero attached hydrogens (tertiary/aromatic N) is 3. The second-order valence-electron chi connectivity index (χ2n) is 6.49. The van der Waals surface area contributed by atoms with Gasteiger partial charge in [-0.1, -0.05) is 32.4 Å². The fourth-order valence-electron chi connectivity index (χ4n) is 3.52. The Morgan fingerprint density at radius 2 is 2.00 bits per heavy atom. The number of imidazole rings is 1. The number of fused-ring (bicyclic) bond motifs is 1. The average Bonchev–Trinajstić information content (AvgIpc) is 2.83. The van der Waals surface area contributed by atoms with Crippen molar-refractivity contribution in [3.05, 3.63) is 34.7 Å². The summed E-state index contributed by atoms with van der Waals surface area (Å²) in [5, 5.41) is 0.613. The molecule has 118 valence electrons. The standard InChI is InChI=1S/C17H22ClN3O/c1-4-14-16(21-10-13(18)5-6-15(21)19-14)17(22)20-8-11(2)7-12(3)9-20/h5-6,10-12H,4,7-9H2,1-3H3. The van der Waals surface area contributed by atoms with Gasteiger partial charge in [0.05, 0.1) is 10.7 Å². The Hall–Kier alpha value is -1.55. The summed E-state index contributed by atoms with van der Waals surface area (Å²) < 4.78 is 1.84. The maximum atomic E-state index is 13.1. The van der Waals surface area contributed by atoms with Gasteiger partial charge in [0.15, 0.2) is 0 Å². The van der Waals surface area contributed by atoms with Crippen LogP contribution in [0.1, 0.15) is 43.4 Å². The first-order valence-electron chi connectivity index (χ1n) is 7.95. The Morgan fingerprint density at radius 3 is 2.64 bits per heavy atom. The van der Waals surface area contributed by atoms with Gasteiger partial charge in [-0.05, 0) is 36.8 Å². The summed E-state index contributed by atoms with van der Waals surface area (Å²) in [6.07, 6.45) is 3.70. The van der Waals surface area contributed by atoms with Gasteiger partial charge in [-0.25, -0.2) is 4.98 Å². The third kappa shape index (κ3) is 2.72. The lowest BCUT2D eigenvalue weighted by molar-refractivity contribution is 0.0615. The van der Waals surface area contributed by atoms with Gasteiger partial charge in [0.25, 0.3) is 5.91 Å². The van der Waals surface area contributed by atoms with Crippen LogP contribution in [0.2, 0.25) is 5.02 Å². The predicted molar refractivity (Wildman–Crippen MR) is 88.4 cm³/mol. The Balaban J connectivity index is 2.04. The van der Waals surface area contributed by atoms with Crippen LogP contribution < -0.4 is 0 Å². The quantitative estimate of drug-likeness (QED) is 0.847. The van der Waals surface area contributed by atoms with Crippen molar-refractivity contribution in [3.63, 3.8) is 0 Å². The smallest absolute Gasteiger partial charge is 0.272 e. The highest BCUT2D eigenvalue weighted by molar-refractivity contribution is 6.30. The first-order valence-corrected chi connectivity index (χ1v) is 8.33. The molecule has 22 heavy (non-hydrogen) atoms. The Kier molecular flexibility index (Phi) is 4.13. The van der Waals surface area contributed by atoms with Gasteiger partial charge in [-0.15, -0.1) is 0 Å². The van der Waals surface area contributed by atoms with Gasteiger partial charge in [0.2, 0.25) is 0 Å². The highest BCUT2D eigenvalue weighted by atomic mass is 35.5. The summed E-state index contributed by atoms with van der Waals surface area (Å²) in [6.45, 7) is 8.09. The van der Waals surface area contributed by atoms with E-state index in [1.807, 2.05) is 28.4 Å². The van der Waals surface area contributed by atoms with Gasteiger partial charge >= 0.3 is 0 Å². The van der Waals surface area contributed by atoms with Crippen LogP contribution in [0.4, 0.5) is 0 Å². The predicted octanol–water partition coefficient (Wildman–Crippen LogP) is 3.67. The van der Waals surface area contributed by atoms with E-state index in [1.165, 1.54) is 6.42 Å². The molecule has 0 bridgehead atoms. The number of amides is 1. The first kappa shape index (κ1) is 15.3. The molecule has 2 aromatic heterocycles. The van der Waals surface area contributed by atoms with Gasteiger partial charge in [-0.3, -0.25) is 9.20 Å². The molecule has 1 saturated heterocycles. The lowest BCUT2D eigenvalue weighted by Crippen LogP contribution is -2.43. The molecule has 0 aromatic carbocycles. The Labute approximate surface area is 136 Å². The summed E-state index contributed by atoms with van der Waals surface area (Å²) in [4.78, 5) is 19.6. The number of halogens is 1. The summed E-state index contributed by atoms with van der Waals surface area (Å²) in [6, 6.07) is 3.67. The molecule has 0 N–H and O–H groups in total. The van der Waals surface area contributed by atoms with Crippen molar-refractivity contribution in [1.82, 2.24) is 14.3 Å². The first-order chi connectivity index (χ1) is 10.5. The minimum Gasteiger partial charge on any atom is -0.337 e. The molecule has 2 atom stereocenters. The second kappa shape index (κ2) is 5.92. The molecule has 0 saturated carbocycles. The number of hydrogen-bond donors (Lipinski definition) is 0. The van der Waals surface area contributed by atoms with E-state index in [4.69, 9.17) is 11.6 Å². The molecule has 0 radical (unpaired) electrons. The van der Waals surface area contributed by atoms with Crippen LogP contribution in [0.15, 0.2) is 18.3 Å². The van der Waals surface area contributed by atoms with Crippen LogP contribution >= 0.6 is 11.6 Å². The van der Waals surface area contributed by atoms with Gasteiger partial charge in [0.1, 0.15) is 11.3 Å². The number of hydrogen-bond acceptors (Lipinski definition) is 2. The van der Waals surface area contributed by atoms with Crippen LogP contribution in [0.3, 0.4) is 0 Å². The summed E-state index contributed by atoms with van der Waals surface area (Å²) in [7, 11) is 0.